The Bertz CT molecular complexity index is 3290. The summed E-state index contributed by atoms with van der Waals surface area (Å²) in [7, 11) is 0. The van der Waals surface area contributed by atoms with Crippen molar-refractivity contribution in [2.75, 3.05) is 14.7 Å². The molecule has 0 unspecified atom stereocenters. The van der Waals surface area contributed by atoms with Crippen molar-refractivity contribution in [1.82, 2.24) is 4.57 Å². The molecule has 0 saturated carbocycles. The lowest BCUT2D eigenvalue weighted by Crippen LogP contribution is -2.15. The maximum absolute atomic E-state index is 2.40. The molecule has 0 aliphatic carbocycles. The molecule has 0 amide bonds. The molecule has 0 spiro atoms. The molecule has 1 aromatic heterocycles. The highest BCUT2D eigenvalue weighted by molar-refractivity contribution is 6.10. The van der Waals surface area contributed by atoms with Crippen molar-refractivity contribution in [2.45, 2.75) is 0 Å². The van der Waals surface area contributed by atoms with Gasteiger partial charge in [0.1, 0.15) is 0 Å². The van der Waals surface area contributed by atoms with Crippen LogP contribution in [0.5, 0.6) is 0 Å². The van der Waals surface area contributed by atoms with Gasteiger partial charge >= 0.3 is 0 Å². The highest BCUT2D eigenvalue weighted by Crippen LogP contribution is 2.46. The fourth-order valence-electron chi connectivity index (χ4n) is 9.08. The molecule has 1 heterocycles. The first-order valence-corrected chi connectivity index (χ1v) is 21.8. The Morgan fingerprint density at radius 3 is 1.25 bits per heavy atom. The summed E-state index contributed by atoms with van der Waals surface area (Å²) in [6.45, 7) is 0. The van der Waals surface area contributed by atoms with Gasteiger partial charge in [-0.1, -0.05) is 152 Å². The second-order valence-corrected chi connectivity index (χ2v) is 15.8. The molecule has 11 aromatic rings. The summed E-state index contributed by atoms with van der Waals surface area (Å²) < 4.78 is 2.37. The number of anilines is 9. The van der Waals surface area contributed by atoms with Gasteiger partial charge in [0.15, 0.2) is 0 Å². The lowest BCUT2D eigenvalue weighted by molar-refractivity contribution is 1.18. The van der Waals surface area contributed by atoms with Gasteiger partial charge in [-0.25, -0.2) is 0 Å². The van der Waals surface area contributed by atoms with Crippen LogP contribution < -0.4 is 14.7 Å². The van der Waals surface area contributed by atoms with E-state index in [4.69, 9.17) is 0 Å². The Labute approximate surface area is 374 Å². The molecule has 0 fully saturated rings. The van der Waals surface area contributed by atoms with Crippen LogP contribution in [0.2, 0.25) is 0 Å². The van der Waals surface area contributed by atoms with Crippen LogP contribution in [0.15, 0.2) is 267 Å². The topological polar surface area (TPSA) is 14.7 Å². The summed E-state index contributed by atoms with van der Waals surface area (Å²) in [6.07, 6.45) is 0. The van der Waals surface area contributed by atoms with E-state index in [0.29, 0.717) is 0 Å². The van der Waals surface area contributed by atoms with E-state index in [1.807, 2.05) is 0 Å². The molecular formula is C60H44N4. The molecule has 0 radical (unpaired) electrons. The molecular weight excluding hydrogens is 777 g/mol. The zero-order valence-electron chi connectivity index (χ0n) is 35.2. The van der Waals surface area contributed by atoms with E-state index in [1.165, 1.54) is 16.3 Å². The molecule has 0 aliphatic rings. The van der Waals surface area contributed by atoms with Crippen molar-refractivity contribution in [2.24, 2.45) is 0 Å². The first kappa shape index (κ1) is 38.3. The maximum Gasteiger partial charge on any atom is 0.0542 e. The highest BCUT2D eigenvalue weighted by atomic mass is 15.2. The van der Waals surface area contributed by atoms with Crippen LogP contribution in [-0.4, -0.2) is 4.57 Å². The van der Waals surface area contributed by atoms with Gasteiger partial charge in [0.25, 0.3) is 0 Å². The second kappa shape index (κ2) is 17.0. The van der Waals surface area contributed by atoms with Crippen molar-refractivity contribution in [3.8, 4) is 16.8 Å². The molecule has 0 atom stereocenters. The Morgan fingerprint density at radius 2 is 0.656 bits per heavy atom. The smallest absolute Gasteiger partial charge is 0.0542 e. The van der Waals surface area contributed by atoms with E-state index in [-0.39, 0.29) is 0 Å². The van der Waals surface area contributed by atoms with Gasteiger partial charge in [-0.15, -0.1) is 0 Å². The average molecular weight is 821 g/mol. The minimum atomic E-state index is 1.03. The Morgan fingerprint density at radius 1 is 0.250 bits per heavy atom. The van der Waals surface area contributed by atoms with E-state index in [0.717, 1.165) is 73.5 Å². The second-order valence-electron chi connectivity index (χ2n) is 15.8. The van der Waals surface area contributed by atoms with Crippen LogP contribution in [-0.2, 0) is 0 Å². The molecule has 4 heteroatoms. The van der Waals surface area contributed by atoms with E-state index in [2.05, 4.69) is 286 Å². The van der Waals surface area contributed by atoms with Gasteiger partial charge < -0.3 is 19.3 Å². The normalized spacial score (nSPS) is 11.1. The standard InChI is InChI=1S/C60H44N4/c1-6-22-45(23-7-1)55-36-16-18-38-58(55)63(48-28-12-4-13-29-48)53-35-21-34-52(43-53)62(51-33-20-32-50(42-51)61(46-24-8-2-9-25-46)47-26-10-3-11-27-47)54-40-41-60-57(44-54)56-37-17-19-39-59(56)64(60)49-30-14-5-15-31-49/h1-44H. The minimum Gasteiger partial charge on any atom is -0.310 e. The number of para-hydroxylation sites is 6. The van der Waals surface area contributed by atoms with Gasteiger partial charge in [0.2, 0.25) is 0 Å². The zero-order valence-corrected chi connectivity index (χ0v) is 35.2. The molecule has 0 aliphatic heterocycles. The van der Waals surface area contributed by atoms with Crippen LogP contribution >= 0.6 is 0 Å². The molecule has 10 aromatic carbocycles. The number of hydrogen-bond donors (Lipinski definition) is 0. The van der Waals surface area contributed by atoms with E-state index in [1.54, 1.807) is 0 Å². The summed E-state index contributed by atoms with van der Waals surface area (Å²) in [5, 5.41) is 2.39. The number of benzene rings is 10. The van der Waals surface area contributed by atoms with Crippen LogP contribution in [0.4, 0.5) is 51.2 Å². The zero-order chi connectivity index (χ0) is 42.7. The van der Waals surface area contributed by atoms with Gasteiger partial charge in [0, 0.05) is 67.5 Å². The third kappa shape index (κ3) is 7.23. The van der Waals surface area contributed by atoms with Crippen molar-refractivity contribution >= 4 is 73.0 Å². The first-order valence-electron chi connectivity index (χ1n) is 21.8. The average Bonchev–Trinajstić information content (AvgIpc) is 3.70. The minimum absolute atomic E-state index is 1.03. The van der Waals surface area contributed by atoms with Gasteiger partial charge in [0.05, 0.1) is 16.7 Å². The molecule has 11 rings (SSSR count). The SMILES string of the molecule is c1ccc(-c2ccccc2N(c2ccccc2)c2cccc(N(c3cccc(N(c4ccccc4)c4ccccc4)c3)c3ccc4c(c3)c3ccccc3n4-c3ccccc3)c2)cc1. The third-order valence-electron chi connectivity index (χ3n) is 11.9. The monoisotopic (exact) mass is 820 g/mol. The molecule has 304 valence electrons. The maximum atomic E-state index is 2.40. The van der Waals surface area contributed by atoms with Crippen molar-refractivity contribution in [3.05, 3.63) is 267 Å². The highest BCUT2D eigenvalue weighted by Gasteiger charge is 2.22. The van der Waals surface area contributed by atoms with E-state index in [9.17, 15) is 0 Å². The molecule has 0 N–H and O–H groups in total. The lowest BCUT2D eigenvalue weighted by Gasteiger charge is -2.31. The number of aromatic nitrogens is 1. The number of nitrogens with zero attached hydrogens (tertiary/aromatic N) is 4. The number of rotatable bonds is 11. The Balaban J connectivity index is 1.13. The predicted molar refractivity (Wildman–Crippen MR) is 270 cm³/mol. The third-order valence-corrected chi connectivity index (χ3v) is 11.9. The van der Waals surface area contributed by atoms with Gasteiger partial charge in [-0.05, 0) is 121 Å². The first-order chi connectivity index (χ1) is 31.8. The molecule has 4 nitrogen and oxygen atoms in total. The van der Waals surface area contributed by atoms with Crippen LogP contribution in [0.1, 0.15) is 0 Å². The lowest BCUT2D eigenvalue weighted by atomic mass is 10.0. The van der Waals surface area contributed by atoms with Crippen molar-refractivity contribution in [1.29, 1.82) is 0 Å². The molecule has 0 saturated heterocycles. The molecule has 64 heavy (non-hydrogen) atoms. The summed E-state index contributed by atoms with van der Waals surface area (Å²) in [5.74, 6) is 0. The van der Waals surface area contributed by atoms with Gasteiger partial charge in [-0.3, -0.25) is 0 Å². The van der Waals surface area contributed by atoms with E-state index < -0.39 is 0 Å². The predicted octanol–water partition coefficient (Wildman–Crippen LogP) is 16.9. The largest absolute Gasteiger partial charge is 0.310 e. The fourth-order valence-corrected chi connectivity index (χ4v) is 9.08. The number of hydrogen-bond acceptors (Lipinski definition) is 3. The summed E-state index contributed by atoms with van der Waals surface area (Å²) >= 11 is 0. The molecule has 0 bridgehead atoms. The summed E-state index contributed by atoms with van der Waals surface area (Å²) in [6, 6.07) is 95.4. The van der Waals surface area contributed by atoms with Crippen molar-refractivity contribution < 1.29 is 0 Å². The van der Waals surface area contributed by atoms with Crippen LogP contribution in [0, 0.1) is 0 Å². The number of fused-ring (bicyclic) bond motifs is 3. The van der Waals surface area contributed by atoms with Crippen LogP contribution in [0.3, 0.4) is 0 Å². The Kier molecular flexibility index (Phi) is 10.2. The fraction of sp³-hybridized carbons (Fsp3) is 0. The van der Waals surface area contributed by atoms with Crippen molar-refractivity contribution in [3.63, 3.8) is 0 Å². The summed E-state index contributed by atoms with van der Waals surface area (Å²) in [4.78, 5) is 7.11. The van der Waals surface area contributed by atoms with Gasteiger partial charge in [-0.2, -0.15) is 0 Å². The quantitative estimate of drug-likeness (QED) is 0.129. The van der Waals surface area contributed by atoms with E-state index >= 15 is 0 Å². The summed E-state index contributed by atoms with van der Waals surface area (Å²) in [5.41, 5.74) is 15.4. The Hall–Kier alpha value is -8.60. The van der Waals surface area contributed by atoms with Crippen LogP contribution in [0.25, 0.3) is 38.6 Å².